The van der Waals surface area contributed by atoms with Gasteiger partial charge in [0.25, 0.3) is 0 Å². The highest BCUT2D eigenvalue weighted by Gasteiger charge is 2.23. The number of carboxylic acid groups (broad SMARTS) is 1. The number of esters is 1. The van der Waals surface area contributed by atoms with E-state index >= 15 is 0 Å². The Balaban J connectivity index is 5.01. The SMILES string of the molecule is [2H]C([2H])([C@@H](CC(=O)O)OC(C)=O)[N+](C)(C)C. The van der Waals surface area contributed by atoms with Crippen molar-refractivity contribution in [3.05, 3.63) is 0 Å². The van der Waals surface area contributed by atoms with Crippen molar-refractivity contribution in [2.75, 3.05) is 27.6 Å². The molecule has 0 aliphatic carbocycles. The van der Waals surface area contributed by atoms with Gasteiger partial charge in [-0.3, -0.25) is 9.59 Å². The summed E-state index contributed by atoms with van der Waals surface area (Å²) in [6.45, 7) is -0.843. The largest absolute Gasteiger partial charge is 0.481 e. The molecule has 5 heteroatoms. The van der Waals surface area contributed by atoms with Gasteiger partial charge in [-0.25, -0.2) is 0 Å². The Morgan fingerprint density at radius 1 is 1.50 bits per heavy atom. The van der Waals surface area contributed by atoms with Gasteiger partial charge in [0, 0.05) is 6.92 Å². The highest BCUT2D eigenvalue weighted by atomic mass is 16.5. The van der Waals surface area contributed by atoms with Gasteiger partial charge in [-0.1, -0.05) is 0 Å². The summed E-state index contributed by atoms with van der Waals surface area (Å²) in [5.41, 5.74) is 0. The number of hydrogen-bond acceptors (Lipinski definition) is 3. The minimum absolute atomic E-state index is 0.155. The maximum Gasteiger partial charge on any atom is 0.307 e. The predicted octanol–water partition coefficient (Wildman–Crippen LogP) is 0.0990. The monoisotopic (exact) mass is 206 g/mol. The van der Waals surface area contributed by atoms with Crippen LogP contribution in [0.1, 0.15) is 16.1 Å². The molecular formula is C9H18NO4+. The van der Waals surface area contributed by atoms with E-state index < -0.39 is 31.0 Å². The van der Waals surface area contributed by atoms with Gasteiger partial charge in [0.1, 0.15) is 6.50 Å². The lowest BCUT2D eigenvalue weighted by molar-refractivity contribution is -0.873. The molecule has 0 spiro atoms. The van der Waals surface area contributed by atoms with E-state index in [2.05, 4.69) is 0 Å². The van der Waals surface area contributed by atoms with E-state index in [1.54, 1.807) is 21.1 Å². The number of nitrogens with zero attached hydrogens (tertiary/aromatic N) is 1. The summed E-state index contributed by atoms with van der Waals surface area (Å²) >= 11 is 0. The van der Waals surface area contributed by atoms with Crippen molar-refractivity contribution in [1.29, 1.82) is 0 Å². The molecule has 0 heterocycles. The van der Waals surface area contributed by atoms with Crippen LogP contribution >= 0.6 is 0 Å². The molecule has 82 valence electrons. The minimum atomic E-state index is -1.97. The first-order valence-electron chi connectivity index (χ1n) is 5.19. The van der Waals surface area contributed by atoms with Crippen LogP contribution in [0.4, 0.5) is 0 Å². The quantitative estimate of drug-likeness (QED) is 0.512. The number of carbonyl (C=O) groups excluding carboxylic acids is 1. The molecule has 0 unspecified atom stereocenters. The van der Waals surface area contributed by atoms with Crippen LogP contribution in [0.25, 0.3) is 0 Å². The van der Waals surface area contributed by atoms with E-state index in [0.29, 0.717) is 0 Å². The average Bonchev–Trinajstić information content (AvgIpc) is 1.98. The smallest absolute Gasteiger partial charge is 0.307 e. The molecule has 0 bridgehead atoms. The Morgan fingerprint density at radius 2 is 2.00 bits per heavy atom. The number of aliphatic carboxylic acids is 1. The fraction of sp³-hybridized carbons (Fsp3) is 0.778. The summed E-state index contributed by atoms with van der Waals surface area (Å²) in [6, 6.07) is 0. The molecule has 0 fully saturated rings. The van der Waals surface area contributed by atoms with Crippen molar-refractivity contribution in [3.63, 3.8) is 0 Å². The Labute approximate surface area is 86.7 Å². The number of carboxylic acids is 1. The molecule has 1 N–H and O–H groups in total. The summed E-state index contributed by atoms with van der Waals surface area (Å²) in [6.07, 6.45) is -1.86. The normalized spacial score (nSPS) is 16.6. The zero-order valence-electron chi connectivity index (χ0n) is 10.9. The number of rotatable bonds is 5. The van der Waals surface area contributed by atoms with Crippen molar-refractivity contribution >= 4 is 11.9 Å². The van der Waals surface area contributed by atoms with E-state index in [9.17, 15) is 9.59 Å². The first-order chi connectivity index (χ1) is 6.98. The zero-order valence-corrected chi connectivity index (χ0v) is 8.90. The maximum absolute atomic E-state index is 10.8. The van der Waals surface area contributed by atoms with Gasteiger partial charge >= 0.3 is 11.9 Å². The van der Waals surface area contributed by atoms with Crippen molar-refractivity contribution in [2.24, 2.45) is 0 Å². The zero-order chi connectivity index (χ0) is 13.1. The molecule has 0 radical (unpaired) electrons. The van der Waals surface area contributed by atoms with E-state index in [4.69, 9.17) is 12.6 Å². The second-order valence-corrected chi connectivity index (χ2v) is 3.84. The Kier molecular flexibility index (Phi) is 3.34. The summed E-state index contributed by atoms with van der Waals surface area (Å²) in [7, 11) is 4.70. The van der Waals surface area contributed by atoms with E-state index in [1.165, 1.54) is 0 Å². The van der Waals surface area contributed by atoms with Crippen LogP contribution in [-0.2, 0) is 14.3 Å². The molecule has 14 heavy (non-hydrogen) atoms. The van der Waals surface area contributed by atoms with Gasteiger partial charge in [0.2, 0.25) is 0 Å². The van der Waals surface area contributed by atoms with Crippen molar-refractivity contribution in [2.45, 2.75) is 19.4 Å². The van der Waals surface area contributed by atoms with Crippen LogP contribution in [0.2, 0.25) is 0 Å². The number of quaternary nitrogens is 1. The third-order valence-corrected chi connectivity index (χ3v) is 1.20. The lowest BCUT2D eigenvalue weighted by Gasteiger charge is -2.28. The van der Waals surface area contributed by atoms with Gasteiger partial charge in [0.05, 0.1) is 30.3 Å². The van der Waals surface area contributed by atoms with Gasteiger partial charge in [-0.05, 0) is 0 Å². The van der Waals surface area contributed by atoms with E-state index in [0.717, 1.165) is 6.92 Å². The number of likely N-dealkylation sites (N-methyl/N-ethyl adjacent to an activating group) is 1. The van der Waals surface area contributed by atoms with Gasteiger partial charge in [-0.15, -0.1) is 0 Å². The molecular weight excluding hydrogens is 186 g/mol. The van der Waals surface area contributed by atoms with Crippen LogP contribution in [0.5, 0.6) is 0 Å². The summed E-state index contributed by atoms with van der Waals surface area (Å²) in [4.78, 5) is 21.4. The third kappa shape index (κ3) is 7.54. The van der Waals surface area contributed by atoms with E-state index in [-0.39, 0.29) is 4.48 Å². The molecule has 5 nitrogen and oxygen atoms in total. The summed E-state index contributed by atoms with van der Waals surface area (Å²) in [5, 5.41) is 8.66. The van der Waals surface area contributed by atoms with Crippen molar-refractivity contribution < 1.29 is 26.7 Å². The second-order valence-electron chi connectivity index (χ2n) is 3.84. The molecule has 0 aromatic heterocycles. The predicted molar refractivity (Wildman–Crippen MR) is 50.7 cm³/mol. The molecule has 1 atom stereocenters. The number of ether oxygens (including phenoxy) is 1. The first kappa shape index (κ1) is 9.45. The Hall–Kier alpha value is -1.10. The standard InChI is InChI=1S/C9H17NO4/c1-7(11)14-8(5-9(12)13)6-10(2,3)4/h8H,5-6H2,1-4H3/p+1/t8-/m1/s1/i6D2. The van der Waals surface area contributed by atoms with Gasteiger partial charge in [0.15, 0.2) is 6.10 Å². The highest BCUT2D eigenvalue weighted by molar-refractivity contribution is 5.69. The summed E-state index contributed by atoms with van der Waals surface area (Å²) < 4.78 is 20.2. The molecule has 0 saturated heterocycles. The van der Waals surface area contributed by atoms with Crippen LogP contribution < -0.4 is 0 Å². The van der Waals surface area contributed by atoms with Crippen LogP contribution in [0.15, 0.2) is 0 Å². The lowest BCUT2D eigenvalue weighted by atomic mass is 10.2. The third-order valence-electron chi connectivity index (χ3n) is 1.20. The second kappa shape index (κ2) is 4.95. The highest BCUT2D eigenvalue weighted by Crippen LogP contribution is 2.04. The van der Waals surface area contributed by atoms with Crippen molar-refractivity contribution in [3.8, 4) is 0 Å². The molecule has 0 rings (SSSR count). The fourth-order valence-corrected chi connectivity index (χ4v) is 0.905. The first-order valence-corrected chi connectivity index (χ1v) is 4.19. The van der Waals surface area contributed by atoms with E-state index in [1.807, 2.05) is 0 Å². The molecule has 0 saturated carbocycles. The number of carbonyl (C=O) groups is 2. The Bertz CT molecular complexity index is 270. The number of hydrogen-bond donors (Lipinski definition) is 1. The molecule has 0 aromatic carbocycles. The molecule has 0 aromatic rings. The summed E-state index contributed by atoms with van der Waals surface area (Å²) in [5.74, 6) is -1.90. The molecule has 0 aliphatic heterocycles. The Morgan fingerprint density at radius 3 is 2.29 bits per heavy atom. The van der Waals surface area contributed by atoms with Crippen LogP contribution in [-0.4, -0.2) is 55.3 Å². The minimum Gasteiger partial charge on any atom is -0.481 e. The van der Waals surface area contributed by atoms with Crippen LogP contribution in [0.3, 0.4) is 0 Å². The fourth-order valence-electron chi connectivity index (χ4n) is 0.905. The average molecular weight is 206 g/mol. The van der Waals surface area contributed by atoms with Gasteiger partial charge in [-0.2, -0.15) is 0 Å². The topological polar surface area (TPSA) is 63.6 Å². The molecule has 0 aliphatic rings. The maximum atomic E-state index is 10.8. The molecule has 0 amide bonds. The van der Waals surface area contributed by atoms with Crippen molar-refractivity contribution in [1.82, 2.24) is 0 Å². The van der Waals surface area contributed by atoms with Crippen LogP contribution in [0, 0.1) is 0 Å². The lowest BCUT2D eigenvalue weighted by Crippen LogP contribution is -2.43. The van der Waals surface area contributed by atoms with Gasteiger partial charge < -0.3 is 14.3 Å².